The number of phenolic OH excluding ortho intramolecular Hbond substituents is 1. The lowest BCUT2D eigenvalue weighted by atomic mass is 10.1. The first-order chi connectivity index (χ1) is 8.29. The van der Waals surface area contributed by atoms with Crippen LogP contribution in [0.5, 0.6) is 5.75 Å². The van der Waals surface area contributed by atoms with Crippen LogP contribution in [0.4, 0.5) is 0 Å². The first-order valence-electron chi connectivity index (χ1n) is 5.48. The maximum Gasteiger partial charge on any atom is 0.116 e. The summed E-state index contributed by atoms with van der Waals surface area (Å²) in [6, 6.07) is 15.4. The van der Waals surface area contributed by atoms with Gasteiger partial charge in [-0.2, -0.15) is 0 Å². The maximum atomic E-state index is 9.38. The van der Waals surface area contributed by atoms with E-state index >= 15 is 0 Å². The molecule has 0 saturated heterocycles. The van der Waals surface area contributed by atoms with Gasteiger partial charge >= 0.3 is 0 Å². The molecule has 2 aromatic rings. The highest BCUT2D eigenvalue weighted by Crippen LogP contribution is 2.19. The normalized spacial score (nSPS) is 10.6. The van der Waals surface area contributed by atoms with E-state index in [4.69, 9.17) is 0 Å². The van der Waals surface area contributed by atoms with Crippen LogP contribution in [0.15, 0.2) is 55.1 Å². The molecule has 17 heavy (non-hydrogen) atoms. The third kappa shape index (κ3) is 2.85. The Morgan fingerprint density at radius 1 is 0.882 bits per heavy atom. The van der Waals surface area contributed by atoms with Crippen molar-refractivity contribution in [2.24, 2.45) is 0 Å². The van der Waals surface area contributed by atoms with E-state index in [1.165, 1.54) is 0 Å². The van der Waals surface area contributed by atoms with E-state index in [9.17, 15) is 5.11 Å². The topological polar surface area (TPSA) is 20.2 Å². The molecule has 0 aromatic heterocycles. The monoisotopic (exact) mass is 222 g/mol. The summed E-state index contributed by atoms with van der Waals surface area (Å²) in [6.07, 6.45) is 5.80. The van der Waals surface area contributed by atoms with E-state index in [1.54, 1.807) is 18.2 Å². The van der Waals surface area contributed by atoms with Gasteiger partial charge < -0.3 is 5.11 Å². The second-order valence-electron chi connectivity index (χ2n) is 3.76. The quantitative estimate of drug-likeness (QED) is 0.771. The van der Waals surface area contributed by atoms with Crippen molar-refractivity contribution in [3.05, 3.63) is 71.8 Å². The van der Waals surface area contributed by atoms with Crippen LogP contribution in [0.25, 0.3) is 18.2 Å². The zero-order valence-corrected chi connectivity index (χ0v) is 9.51. The molecule has 0 heterocycles. The van der Waals surface area contributed by atoms with Crippen molar-refractivity contribution < 1.29 is 5.11 Å². The van der Waals surface area contributed by atoms with Gasteiger partial charge in [-0.1, -0.05) is 61.2 Å². The number of phenols is 1. The number of benzene rings is 2. The third-order valence-electron chi connectivity index (χ3n) is 2.55. The van der Waals surface area contributed by atoms with Crippen LogP contribution in [0.3, 0.4) is 0 Å². The molecule has 0 fully saturated rings. The van der Waals surface area contributed by atoms with E-state index in [0.717, 1.165) is 16.7 Å². The zero-order chi connectivity index (χ0) is 12.1. The average Bonchev–Trinajstić information content (AvgIpc) is 2.38. The molecular formula is C16H14O. The maximum absolute atomic E-state index is 9.38. The molecule has 0 amide bonds. The predicted molar refractivity (Wildman–Crippen MR) is 73.6 cm³/mol. The molecule has 0 unspecified atom stereocenters. The van der Waals surface area contributed by atoms with E-state index in [-0.39, 0.29) is 5.75 Å². The van der Waals surface area contributed by atoms with Crippen LogP contribution in [0.2, 0.25) is 0 Å². The Bertz CT molecular complexity index is 539. The third-order valence-corrected chi connectivity index (χ3v) is 2.55. The zero-order valence-electron chi connectivity index (χ0n) is 9.51. The molecule has 0 saturated carbocycles. The standard InChI is InChI=1S/C16H14O/c1-2-14-12-16(17)11-10-15(14)9-8-13-6-4-3-5-7-13/h2-12,17H,1H2. The van der Waals surface area contributed by atoms with Gasteiger partial charge in [-0.25, -0.2) is 0 Å². The van der Waals surface area contributed by atoms with Crippen LogP contribution in [0, 0.1) is 0 Å². The highest BCUT2D eigenvalue weighted by molar-refractivity contribution is 5.75. The van der Waals surface area contributed by atoms with Gasteiger partial charge in [0.2, 0.25) is 0 Å². The van der Waals surface area contributed by atoms with Gasteiger partial charge in [0.05, 0.1) is 0 Å². The minimum absolute atomic E-state index is 0.261. The SMILES string of the molecule is C=Cc1cc(O)ccc1C=Cc1ccccc1. The van der Waals surface area contributed by atoms with Crippen molar-refractivity contribution in [2.45, 2.75) is 0 Å². The summed E-state index contributed by atoms with van der Waals surface area (Å²) in [5.41, 5.74) is 3.12. The van der Waals surface area contributed by atoms with Gasteiger partial charge in [-0.05, 0) is 28.8 Å². The first kappa shape index (κ1) is 11.2. The fourth-order valence-electron chi connectivity index (χ4n) is 1.64. The van der Waals surface area contributed by atoms with Gasteiger partial charge in [0.1, 0.15) is 5.75 Å². The lowest BCUT2D eigenvalue weighted by Gasteiger charge is -2.01. The van der Waals surface area contributed by atoms with Gasteiger partial charge in [-0.3, -0.25) is 0 Å². The Labute approximate surface area is 101 Å². The Kier molecular flexibility index (Phi) is 3.41. The highest BCUT2D eigenvalue weighted by atomic mass is 16.3. The molecule has 0 spiro atoms. The summed E-state index contributed by atoms with van der Waals surface area (Å²) in [7, 11) is 0. The summed E-state index contributed by atoms with van der Waals surface area (Å²) in [6.45, 7) is 3.74. The van der Waals surface area contributed by atoms with Crippen LogP contribution in [-0.2, 0) is 0 Å². The first-order valence-corrected chi connectivity index (χ1v) is 5.48. The van der Waals surface area contributed by atoms with Crippen LogP contribution in [0.1, 0.15) is 16.7 Å². The van der Waals surface area contributed by atoms with Gasteiger partial charge in [0.25, 0.3) is 0 Å². The smallest absolute Gasteiger partial charge is 0.116 e. The van der Waals surface area contributed by atoms with Gasteiger partial charge in [-0.15, -0.1) is 0 Å². The highest BCUT2D eigenvalue weighted by Gasteiger charge is 1.96. The summed E-state index contributed by atoms with van der Waals surface area (Å²) in [4.78, 5) is 0. The molecule has 1 nitrogen and oxygen atoms in total. The fourth-order valence-corrected chi connectivity index (χ4v) is 1.64. The van der Waals surface area contributed by atoms with E-state index < -0.39 is 0 Å². The molecule has 0 bridgehead atoms. The molecule has 2 rings (SSSR count). The minimum Gasteiger partial charge on any atom is -0.508 e. The molecule has 84 valence electrons. The Morgan fingerprint density at radius 2 is 1.65 bits per heavy atom. The second kappa shape index (κ2) is 5.17. The molecule has 0 aliphatic heterocycles. The summed E-state index contributed by atoms with van der Waals surface area (Å²) in [5.74, 6) is 0.261. The predicted octanol–water partition coefficient (Wildman–Crippen LogP) is 4.21. The molecule has 0 aliphatic carbocycles. The van der Waals surface area contributed by atoms with Gasteiger partial charge in [0, 0.05) is 0 Å². The second-order valence-corrected chi connectivity index (χ2v) is 3.76. The summed E-state index contributed by atoms with van der Waals surface area (Å²) < 4.78 is 0. The summed E-state index contributed by atoms with van der Waals surface area (Å²) >= 11 is 0. The average molecular weight is 222 g/mol. The van der Waals surface area contributed by atoms with Crippen LogP contribution >= 0.6 is 0 Å². The van der Waals surface area contributed by atoms with E-state index in [2.05, 4.69) is 6.58 Å². The van der Waals surface area contributed by atoms with Gasteiger partial charge in [0.15, 0.2) is 0 Å². The number of rotatable bonds is 3. The van der Waals surface area contributed by atoms with E-state index in [1.807, 2.05) is 48.6 Å². The summed E-state index contributed by atoms with van der Waals surface area (Å²) in [5, 5.41) is 9.38. The Hall–Kier alpha value is -2.28. The molecule has 2 aromatic carbocycles. The van der Waals surface area contributed by atoms with Crippen molar-refractivity contribution in [3.63, 3.8) is 0 Å². The van der Waals surface area contributed by atoms with Crippen molar-refractivity contribution in [1.29, 1.82) is 0 Å². The van der Waals surface area contributed by atoms with Crippen LogP contribution in [-0.4, -0.2) is 5.11 Å². The molecule has 0 aliphatic rings. The molecule has 1 heteroatoms. The molecule has 1 N–H and O–H groups in total. The largest absolute Gasteiger partial charge is 0.508 e. The Balaban J connectivity index is 2.30. The number of hydrogen-bond donors (Lipinski definition) is 1. The van der Waals surface area contributed by atoms with Crippen molar-refractivity contribution in [2.75, 3.05) is 0 Å². The van der Waals surface area contributed by atoms with Crippen molar-refractivity contribution >= 4 is 18.2 Å². The minimum atomic E-state index is 0.261. The van der Waals surface area contributed by atoms with Crippen molar-refractivity contribution in [3.8, 4) is 5.75 Å². The van der Waals surface area contributed by atoms with E-state index in [0.29, 0.717) is 0 Å². The number of hydrogen-bond acceptors (Lipinski definition) is 1. The van der Waals surface area contributed by atoms with Crippen LogP contribution < -0.4 is 0 Å². The Morgan fingerprint density at radius 3 is 2.35 bits per heavy atom. The fraction of sp³-hybridized carbons (Fsp3) is 0. The molecule has 0 radical (unpaired) electrons. The molecule has 0 atom stereocenters. The lowest BCUT2D eigenvalue weighted by molar-refractivity contribution is 0.475. The lowest BCUT2D eigenvalue weighted by Crippen LogP contribution is -1.79. The number of aromatic hydroxyl groups is 1. The molecular weight excluding hydrogens is 208 g/mol. The van der Waals surface area contributed by atoms with Crippen molar-refractivity contribution in [1.82, 2.24) is 0 Å².